The van der Waals surface area contributed by atoms with Gasteiger partial charge < -0.3 is 4.57 Å². The van der Waals surface area contributed by atoms with Gasteiger partial charge in [-0.1, -0.05) is 0 Å². The van der Waals surface area contributed by atoms with Gasteiger partial charge in [0.15, 0.2) is 0 Å². The second-order valence-electron chi connectivity index (χ2n) is 5.16. The maximum atomic E-state index is 13.7. The summed E-state index contributed by atoms with van der Waals surface area (Å²) in [6, 6.07) is 7.63. The second-order valence-corrected chi connectivity index (χ2v) is 6.91. The number of halogens is 2. The Morgan fingerprint density at radius 2 is 2.10 bits per heavy atom. The SMILES string of the molecule is Cc1ccc(Cn2c(CCCl)nc3cc(F)c(C)cc32)s1. The maximum absolute atomic E-state index is 13.7. The van der Waals surface area contributed by atoms with Gasteiger partial charge in [0.2, 0.25) is 0 Å². The van der Waals surface area contributed by atoms with Crippen LogP contribution in [-0.4, -0.2) is 15.4 Å². The number of imidazole rings is 1. The zero-order valence-corrected chi connectivity index (χ0v) is 13.6. The summed E-state index contributed by atoms with van der Waals surface area (Å²) in [5.74, 6) is 1.21. The summed E-state index contributed by atoms with van der Waals surface area (Å²) in [6.45, 7) is 4.63. The van der Waals surface area contributed by atoms with Crippen molar-refractivity contribution in [3.05, 3.63) is 51.2 Å². The number of rotatable bonds is 4. The second kappa shape index (κ2) is 5.78. The molecule has 2 aromatic heterocycles. The summed E-state index contributed by atoms with van der Waals surface area (Å²) in [5, 5.41) is 0. The standard InChI is InChI=1S/C16H16ClFN2S/c1-10-7-15-14(8-13(10)18)19-16(5-6-17)20(15)9-12-4-3-11(2)21-12/h3-4,7-8H,5-6,9H2,1-2H3. The third kappa shape index (κ3) is 2.83. The molecular formula is C16H16ClFN2S. The largest absolute Gasteiger partial charge is 0.323 e. The molecule has 0 saturated heterocycles. The summed E-state index contributed by atoms with van der Waals surface area (Å²) in [5.41, 5.74) is 2.31. The van der Waals surface area contributed by atoms with Crippen LogP contribution in [0.3, 0.4) is 0 Å². The number of thiophene rings is 1. The number of aryl methyl sites for hydroxylation is 3. The summed E-state index contributed by atoms with van der Waals surface area (Å²) < 4.78 is 15.9. The molecule has 0 aliphatic rings. The Balaban J connectivity index is 2.12. The van der Waals surface area contributed by atoms with Crippen molar-refractivity contribution in [1.82, 2.24) is 9.55 Å². The number of hydrogen-bond donors (Lipinski definition) is 0. The lowest BCUT2D eigenvalue weighted by atomic mass is 10.2. The molecule has 2 heterocycles. The summed E-state index contributed by atoms with van der Waals surface area (Å²) in [6.07, 6.45) is 0.682. The number of benzene rings is 1. The lowest BCUT2D eigenvalue weighted by molar-refractivity contribution is 0.620. The van der Waals surface area contributed by atoms with Crippen molar-refractivity contribution in [2.24, 2.45) is 0 Å². The molecule has 3 rings (SSSR count). The smallest absolute Gasteiger partial charge is 0.128 e. The van der Waals surface area contributed by atoms with Gasteiger partial charge >= 0.3 is 0 Å². The molecule has 110 valence electrons. The lowest BCUT2D eigenvalue weighted by Crippen LogP contribution is -2.05. The highest BCUT2D eigenvalue weighted by Gasteiger charge is 2.13. The normalized spacial score (nSPS) is 11.4. The molecule has 0 aliphatic heterocycles. The van der Waals surface area contributed by atoms with Crippen LogP contribution in [0.25, 0.3) is 11.0 Å². The molecule has 2 nitrogen and oxygen atoms in total. The zero-order chi connectivity index (χ0) is 15.0. The van der Waals surface area contributed by atoms with Crippen LogP contribution >= 0.6 is 22.9 Å². The first kappa shape index (κ1) is 14.5. The molecule has 5 heteroatoms. The predicted octanol–water partition coefficient (Wildman–Crippen LogP) is 4.68. The van der Waals surface area contributed by atoms with E-state index in [4.69, 9.17) is 11.6 Å². The van der Waals surface area contributed by atoms with Crippen LogP contribution in [0, 0.1) is 19.7 Å². The van der Waals surface area contributed by atoms with E-state index in [1.54, 1.807) is 18.3 Å². The van der Waals surface area contributed by atoms with Gasteiger partial charge in [-0.3, -0.25) is 0 Å². The Morgan fingerprint density at radius 3 is 2.76 bits per heavy atom. The van der Waals surface area contributed by atoms with Crippen LogP contribution in [0.5, 0.6) is 0 Å². The van der Waals surface area contributed by atoms with E-state index in [2.05, 4.69) is 28.6 Å². The van der Waals surface area contributed by atoms with E-state index in [0.29, 0.717) is 23.4 Å². The minimum absolute atomic E-state index is 0.212. The van der Waals surface area contributed by atoms with Gasteiger partial charge in [-0.25, -0.2) is 9.37 Å². The lowest BCUT2D eigenvalue weighted by Gasteiger charge is -2.07. The van der Waals surface area contributed by atoms with Crippen LogP contribution in [-0.2, 0) is 13.0 Å². The van der Waals surface area contributed by atoms with Crippen molar-refractivity contribution in [2.75, 3.05) is 5.88 Å². The first-order valence-corrected chi connectivity index (χ1v) is 8.20. The molecule has 0 spiro atoms. The monoisotopic (exact) mass is 322 g/mol. The zero-order valence-electron chi connectivity index (χ0n) is 12.0. The molecule has 0 saturated carbocycles. The first-order chi connectivity index (χ1) is 10.1. The van der Waals surface area contributed by atoms with E-state index >= 15 is 0 Å². The average molecular weight is 323 g/mol. The Labute approximate surface area is 132 Å². The highest BCUT2D eigenvalue weighted by molar-refractivity contribution is 7.11. The molecule has 0 amide bonds. The van der Waals surface area contributed by atoms with Crippen LogP contribution in [0.1, 0.15) is 21.1 Å². The molecule has 1 aromatic carbocycles. The Hall–Kier alpha value is -1.39. The maximum Gasteiger partial charge on any atom is 0.128 e. The Bertz CT molecular complexity index is 791. The van der Waals surface area contributed by atoms with Gasteiger partial charge in [0.25, 0.3) is 0 Å². The number of alkyl halides is 1. The molecular weight excluding hydrogens is 307 g/mol. The topological polar surface area (TPSA) is 17.8 Å². The van der Waals surface area contributed by atoms with Crippen molar-refractivity contribution in [3.63, 3.8) is 0 Å². The van der Waals surface area contributed by atoms with Crippen LogP contribution in [0.2, 0.25) is 0 Å². The fourth-order valence-corrected chi connectivity index (χ4v) is 3.53. The Kier molecular flexibility index (Phi) is 4.00. The molecule has 0 aliphatic carbocycles. The van der Waals surface area contributed by atoms with Crippen molar-refractivity contribution in [3.8, 4) is 0 Å². The van der Waals surface area contributed by atoms with Crippen LogP contribution in [0.4, 0.5) is 4.39 Å². The van der Waals surface area contributed by atoms with Crippen LogP contribution in [0.15, 0.2) is 24.3 Å². The van der Waals surface area contributed by atoms with Gasteiger partial charge in [-0.2, -0.15) is 0 Å². The van der Waals surface area contributed by atoms with Gasteiger partial charge in [-0.15, -0.1) is 22.9 Å². The van der Waals surface area contributed by atoms with Crippen molar-refractivity contribution < 1.29 is 4.39 Å². The van der Waals surface area contributed by atoms with Crippen molar-refractivity contribution >= 4 is 34.0 Å². The number of nitrogens with zero attached hydrogens (tertiary/aromatic N) is 2. The van der Waals surface area contributed by atoms with Crippen molar-refractivity contribution in [1.29, 1.82) is 0 Å². The summed E-state index contributed by atoms with van der Waals surface area (Å²) in [4.78, 5) is 7.11. The average Bonchev–Trinajstić information content (AvgIpc) is 2.97. The Morgan fingerprint density at radius 1 is 1.29 bits per heavy atom. The summed E-state index contributed by atoms with van der Waals surface area (Å²) in [7, 11) is 0. The highest BCUT2D eigenvalue weighted by Crippen LogP contribution is 2.24. The molecule has 0 N–H and O–H groups in total. The number of fused-ring (bicyclic) bond motifs is 1. The third-order valence-corrected chi connectivity index (χ3v) is 4.71. The quantitative estimate of drug-likeness (QED) is 0.637. The van der Waals surface area contributed by atoms with E-state index < -0.39 is 0 Å². The van der Waals surface area contributed by atoms with E-state index in [9.17, 15) is 4.39 Å². The minimum atomic E-state index is -0.212. The molecule has 0 fully saturated rings. The molecule has 0 unspecified atom stereocenters. The fraction of sp³-hybridized carbons (Fsp3) is 0.312. The van der Waals surface area contributed by atoms with Crippen molar-refractivity contribution in [2.45, 2.75) is 26.8 Å². The van der Waals surface area contributed by atoms with E-state index in [-0.39, 0.29) is 5.82 Å². The van der Waals surface area contributed by atoms with E-state index in [0.717, 1.165) is 17.9 Å². The van der Waals surface area contributed by atoms with Crippen LogP contribution < -0.4 is 0 Å². The van der Waals surface area contributed by atoms with Gasteiger partial charge in [0.05, 0.1) is 17.6 Å². The highest BCUT2D eigenvalue weighted by atomic mass is 35.5. The fourth-order valence-electron chi connectivity index (χ4n) is 2.48. The number of aromatic nitrogens is 2. The van der Waals surface area contributed by atoms with Gasteiger partial charge in [0.1, 0.15) is 11.6 Å². The summed E-state index contributed by atoms with van der Waals surface area (Å²) >= 11 is 7.65. The molecule has 21 heavy (non-hydrogen) atoms. The molecule has 0 bridgehead atoms. The predicted molar refractivity (Wildman–Crippen MR) is 87.0 cm³/mol. The molecule has 0 atom stereocenters. The first-order valence-electron chi connectivity index (χ1n) is 6.85. The molecule has 0 radical (unpaired) electrons. The van der Waals surface area contributed by atoms with Gasteiger partial charge in [0, 0.05) is 28.1 Å². The number of hydrogen-bond acceptors (Lipinski definition) is 2. The van der Waals surface area contributed by atoms with E-state index in [1.165, 1.54) is 15.8 Å². The van der Waals surface area contributed by atoms with Gasteiger partial charge in [-0.05, 0) is 37.6 Å². The third-order valence-electron chi connectivity index (χ3n) is 3.54. The minimum Gasteiger partial charge on any atom is -0.323 e. The van der Waals surface area contributed by atoms with E-state index in [1.807, 2.05) is 6.07 Å². The molecule has 3 aromatic rings.